The summed E-state index contributed by atoms with van der Waals surface area (Å²) in [6.07, 6.45) is -0.120. The Balaban J connectivity index is 2.16. The molecule has 7 heteroatoms. The van der Waals surface area contributed by atoms with Crippen molar-refractivity contribution in [2.75, 3.05) is 7.05 Å². The van der Waals surface area contributed by atoms with Crippen molar-refractivity contribution in [1.82, 2.24) is 4.31 Å². The molecule has 0 atom stereocenters. The number of benzene rings is 1. The highest BCUT2D eigenvalue weighted by Gasteiger charge is 2.21. The first-order valence-corrected chi connectivity index (χ1v) is 8.56. The van der Waals surface area contributed by atoms with Crippen molar-refractivity contribution >= 4 is 27.3 Å². The van der Waals surface area contributed by atoms with Gasteiger partial charge in [-0.3, -0.25) is 4.79 Å². The van der Waals surface area contributed by atoms with Crippen LogP contribution < -0.4 is 0 Å². The number of aliphatic carboxylic acids is 1. The van der Waals surface area contributed by atoms with E-state index in [4.69, 9.17) is 5.11 Å². The molecule has 0 spiro atoms. The first-order valence-electron chi connectivity index (χ1n) is 6.18. The van der Waals surface area contributed by atoms with Crippen LogP contribution in [0, 0.1) is 0 Å². The predicted octanol–water partition coefficient (Wildman–Crippen LogP) is 2.20. The topological polar surface area (TPSA) is 74.7 Å². The zero-order valence-corrected chi connectivity index (χ0v) is 13.0. The lowest BCUT2D eigenvalue weighted by atomic mass is 10.2. The zero-order valence-electron chi connectivity index (χ0n) is 11.4. The van der Waals surface area contributed by atoms with Crippen molar-refractivity contribution in [1.29, 1.82) is 0 Å². The Morgan fingerprint density at radius 3 is 2.38 bits per heavy atom. The largest absolute Gasteiger partial charge is 0.481 e. The highest BCUT2D eigenvalue weighted by Crippen LogP contribution is 2.18. The van der Waals surface area contributed by atoms with E-state index in [1.165, 1.54) is 47.0 Å². The normalized spacial score (nSPS) is 11.7. The molecule has 1 N–H and O–H groups in total. The molecule has 0 unspecified atom stereocenters. The van der Waals surface area contributed by atoms with Crippen molar-refractivity contribution in [3.8, 4) is 0 Å². The summed E-state index contributed by atoms with van der Waals surface area (Å²) in [5.41, 5.74) is 1.51. The number of hydrogen-bond acceptors (Lipinski definition) is 4. The van der Waals surface area contributed by atoms with Gasteiger partial charge in [0.25, 0.3) is 0 Å². The molecule has 0 aliphatic heterocycles. The SMILES string of the molecule is CN(Cc1ccsc1)S(=O)(=O)c1ccc(CC(=O)O)cc1. The maximum absolute atomic E-state index is 12.4. The van der Waals surface area contributed by atoms with Gasteiger partial charge in [0.05, 0.1) is 11.3 Å². The van der Waals surface area contributed by atoms with E-state index >= 15 is 0 Å². The Kier molecular flexibility index (Phi) is 4.76. The second-order valence-electron chi connectivity index (χ2n) is 4.61. The molecule has 0 saturated heterocycles. The molecule has 0 saturated carbocycles. The number of carboxylic acids is 1. The minimum atomic E-state index is -3.57. The number of nitrogens with zero attached hydrogens (tertiary/aromatic N) is 1. The summed E-state index contributed by atoms with van der Waals surface area (Å²) in [6, 6.07) is 7.82. The van der Waals surface area contributed by atoms with Crippen LogP contribution in [-0.2, 0) is 27.8 Å². The van der Waals surface area contributed by atoms with Gasteiger partial charge in [-0.05, 0) is 40.1 Å². The molecule has 1 heterocycles. The summed E-state index contributed by atoms with van der Waals surface area (Å²) in [4.78, 5) is 10.8. The second-order valence-corrected chi connectivity index (χ2v) is 7.43. The zero-order chi connectivity index (χ0) is 15.5. The fraction of sp³-hybridized carbons (Fsp3) is 0.214. The van der Waals surface area contributed by atoms with Crippen LogP contribution in [0.5, 0.6) is 0 Å². The van der Waals surface area contributed by atoms with E-state index in [2.05, 4.69) is 0 Å². The number of carboxylic acid groups (broad SMARTS) is 1. The minimum Gasteiger partial charge on any atom is -0.481 e. The molecule has 0 bridgehead atoms. The summed E-state index contributed by atoms with van der Waals surface area (Å²) in [5.74, 6) is -0.944. The lowest BCUT2D eigenvalue weighted by molar-refractivity contribution is -0.136. The van der Waals surface area contributed by atoms with Crippen LogP contribution in [0.15, 0.2) is 46.0 Å². The molecule has 0 amide bonds. The average molecular weight is 325 g/mol. The van der Waals surface area contributed by atoms with E-state index in [9.17, 15) is 13.2 Å². The summed E-state index contributed by atoms with van der Waals surface area (Å²) in [5, 5.41) is 12.5. The molecule has 0 radical (unpaired) electrons. The second kappa shape index (κ2) is 6.38. The minimum absolute atomic E-state index is 0.120. The molecule has 1 aromatic carbocycles. The lowest BCUT2D eigenvalue weighted by Gasteiger charge is -2.16. The Hall–Kier alpha value is -1.70. The molecule has 112 valence electrons. The van der Waals surface area contributed by atoms with Crippen LogP contribution in [-0.4, -0.2) is 30.8 Å². The van der Waals surface area contributed by atoms with Crippen LogP contribution in [0.2, 0.25) is 0 Å². The third kappa shape index (κ3) is 3.90. The molecule has 1 aromatic heterocycles. The lowest BCUT2D eigenvalue weighted by Crippen LogP contribution is -2.26. The van der Waals surface area contributed by atoms with Gasteiger partial charge in [-0.15, -0.1) is 0 Å². The summed E-state index contributed by atoms with van der Waals surface area (Å²) in [6.45, 7) is 0.308. The molecule has 2 rings (SSSR count). The molecule has 0 aliphatic carbocycles. The van der Waals surface area contributed by atoms with Gasteiger partial charge in [0.1, 0.15) is 0 Å². The van der Waals surface area contributed by atoms with Gasteiger partial charge < -0.3 is 5.11 Å². The number of rotatable bonds is 6. The molecule has 5 nitrogen and oxygen atoms in total. The summed E-state index contributed by atoms with van der Waals surface area (Å²) in [7, 11) is -2.04. The molecule has 21 heavy (non-hydrogen) atoms. The highest BCUT2D eigenvalue weighted by molar-refractivity contribution is 7.89. The maximum atomic E-state index is 12.4. The van der Waals surface area contributed by atoms with Gasteiger partial charge in [0, 0.05) is 13.6 Å². The molecule has 2 aromatic rings. The van der Waals surface area contributed by atoms with Crippen molar-refractivity contribution in [3.05, 3.63) is 52.2 Å². The van der Waals surface area contributed by atoms with E-state index in [0.717, 1.165) is 5.56 Å². The van der Waals surface area contributed by atoms with E-state index in [1.807, 2.05) is 16.8 Å². The van der Waals surface area contributed by atoms with E-state index in [1.54, 1.807) is 0 Å². The van der Waals surface area contributed by atoms with Crippen molar-refractivity contribution in [2.45, 2.75) is 17.9 Å². The van der Waals surface area contributed by atoms with Gasteiger partial charge in [0.15, 0.2) is 0 Å². The summed E-state index contributed by atoms with van der Waals surface area (Å²) < 4.78 is 26.1. The standard InChI is InChI=1S/C14H15NO4S2/c1-15(9-12-6-7-20-10-12)21(18,19)13-4-2-11(3-5-13)8-14(16)17/h2-7,10H,8-9H2,1H3,(H,16,17). The van der Waals surface area contributed by atoms with E-state index in [0.29, 0.717) is 12.1 Å². The highest BCUT2D eigenvalue weighted by atomic mass is 32.2. The van der Waals surface area contributed by atoms with Gasteiger partial charge in [0.2, 0.25) is 10.0 Å². The van der Waals surface area contributed by atoms with Crippen molar-refractivity contribution in [3.63, 3.8) is 0 Å². The third-order valence-corrected chi connectivity index (χ3v) is 5.52. The smallest absolute Gasteiger partial charge is 0.307 e. The molecule has 0 fully saturated rings. The van der Waals surface area contributed by atoms with Crippen LogP contribution in [0.25, 0.3) is 0 Å². The van der Waals surface area contributed by atoms with Gasteiger partial charge >= 0.3 is 5.97 Å². The quantitative estimate of drug-likeness (QED) is 0.883. The number of hydrogen-bond donors (Lipinski definition) is 1. The van der Waals surface area contributed by atoms with Gasteiger partial charge in [-0.1, -0.05) is 12.1 Å². The summed E-state index contributed by atoms with van der Waals surface area (Å²) >= 11 is 1.52. The van der Waals surface area contributed by atoms with Crippen molar-refractivity contribution < 1.29 is 18.3 Å². The molecular formula is C14H15NO4S2. The van der Waals surface area contributed by atoms with Crippen LogP contribution in [0.1, 0.15) is 11.1 Å². The fourth-order valence-corrected chi connectivity index (χ4v) is 3.68. The van der Waals surface area contributed by atoms with Crippen molar-refractivity contribution in [2.24, 2.45) is 0 Å². The number of sulfonamides is 1. The number of thiophene rings is 1. The third-order valence-electron chi connectivity index (χ3n) is 2.97. The maximum Gasteiger partial charge on any atom is 0.307 e. The predicted molar refractivity (Wildman–Crippen MR) is 80.8 cm³/mol. The Morgan fingerprint density at radius 2 is 1.86 bits per heavy atom. The molecular weight excluding hydrogens is 310 g/mol. The Morgan fingerprint density at radius 1 is 1.19 bits per heavy atom. The average Bonchev–Trinajstić information content (AvgIpc) is 2.91. The molecule has 0 aliphatic rings. The van der Waals surface area contributed by atoms with E-state index < -0.39 is 16.0 Å². The Bertz CT molecular complexity index is 706. The monoisotopic (exact) mass is 325 g/mol. The van der Waals surface area contributed by atoms with Gasteiger partial charge in [-0.2, -0.15) is 15.6 Å². The first kappa shape index (κ1) is 15.7. The van der Waals surface area contributed by atoms with Crippen LogP contribution in [0.4, 0.5) is 0 Å². The van der Waals surface area contributed by atoms with Gasteiger partial charge in [-0.25, -0.2) is 8.42 Å². The van der Waals surface area contributed by atoms with E-state index in [-0.39, 0.29) is 11.3 Å². The fourth-order valence-electron chi connectivity index (χ4n) is 1.86. The Labute approximate surface area is 127 Å². The first-order chi connectivity index (χ1) is 9.89. The van der Waals surface area contributed by atoms with Crippen LogP contribution >= 0.6 is 11.3 Å². The van der Waals surface area contributed by atoms with Crippen LogP contribution in [0.3, 0.4) is 0 Å². The number of carbonyl (C=O) groups is 1.